The molecule has 0 bridgehead atoms. The van der Waals surface area contributed by atoms with Crippen LogP contribution in [0.4, 0.5) is 10.5 Å². The summed E-state index contributed by atoms with van der Waals surface area (Å²) >= 11 is 6.84. The third-order valence-electron chi connectivity index (χ3n) is 3.97. The average molecular weight is 449 g/mol. The minimum Gasteiger partial charge on any atom is -0.480 e. The molecule has 1 heterocycles. The number of carboxylic acids is 1. The molecule has 0 aromatic heterocycles. The summed E-state index contributed by atoms with van der Waals surface area (Å²) in [6.45, 7) is -0.552. The number of carboxylic acid groups (broad SMARTS) is 1. The van der Waals surface area contributed by atoms with E-state index in [1.807, 2.05) is 0 Å². The standard InChI is InChI=1S/C19H13ClN2O7S/c20-14-7-12(3-6-15(14)29-10-17(23)24)8-16-18(25)21(19(26)30-16)9-11-1-4-13(5-2-11)22(27)28/h1-8H,9-10H2,(H,23,24)/b16-8-. The van der Waals surface area contributed by atoms with Crippen LogP contribution in [0.15, 0.2) is 47.4 Å². The van der Waals surface area contributed by atoms with Gasteiger partial charge in [-0.15, -0.1) is 0 Å². The number of ether oxygens (including phenoxy) is 1. The first-order chi connectivity index (χ1) is 14.2. The molecule has 30 heavy (non-hydrogen) atoms. The summed E-state index contributed by atoms with van der Waals surface area (Å²) in [5, 5.41) is 19.1. The molecule has 9 nitrogen and oxygen atoms in total. The second-order valence-corrected chi connectivity index (χ2v) is 7.46. The third-order valence-corrected chi connectivity index (χ3v) is 5.17. The molecule has 11 heteroatoms. The van der Waals surface area contributed by atoms with Crippen LogP contribution in [0.25, 0.3) is 6.08 Å². The Morgan fingerprint density at radius 3 is 2.53 bits per heavy atom. The van der Waals surface area contributed by atoms with Crippen LogP contribution in [-0.2, 0) is 16.1 Å². The monoisotopic (exact) mass is 448 g/mol. The van der Waals surface area contributed by atoms with Crippen molar-refractivity contribution in [1.29, 1.82) is 0 Å². The Labute approximate surface area is 179 Å². The van der Waals surface area contributed by atoms with Gasteiger partial charge in [-0.1, -0.05) is 29.8 Å². The van der Waals surface area contributed by atoms with Crippen LogP contribution in [0.5, 0.6) is 5.75 Å². The highest BCUT2D eigenvalue weighted by molar-refractivity contribution is 8.18. The number of nitro groups is 1. The highest BCUT2D eigenvalue weighted by atomic mass is 35.5. The number of benzene rings is 2. The molecule has 1 saturated heterocycles. The van der Waals surface area contributed by atoms with Gasteiger partial charge in [-0.05, 0) is 41.1 Å². The van der Waals surface area contributed by atoms with Gasteiger partial charge in [0.2, 0.25) is 0 Å². The van der Waals surface area contributed by atoms with Crippen molar-refractivity contribution in [2.45, 2.75) is 6.54 Å². The molecular weight excluding hydrogens is 436 g/mol. The molecular formula is C19H13ClN2O7S. The molecule has 1 aliphatic heterocycles. The van der Waals surface area contributed by atoms with Gasteiger partial charge in [-0.25, -0.2) is 4.79 Å². The van der Waals surface area contributed by atoms with E-state index in [9.17, 15) is 24.5 Å². The molecule has 2 aromatic rings. The van der Waals surface area contributed by atoms with Crippen LogP contribution < -0.4 is 4.74 Å². The predicted octanol–water partition coefficient (Wildman–Crippen LogP) is 3.95. The summed E-state index contributed by atoms with van der Waals surface area (Å²) in [4.78, 5) is 46.9. The van der Waals surface area contributed by atoms with Gasteiger partial charge in [0.1, 0.15) is 5.75 Å². The van der Waals surface area contributed by atoms with E-state index >= 15 is 0 Å². The van der Waals surface area contributed by atoms with E-state index < -0.39 is 28.6 Å². The Bertz CT molecular complexity index is 1070. The van der Waals surface area contributed by atoms with Crippen LogP contribution >= 0.6 is 23.4 Å². The lowest BCUT2D eigenvalue weighted by molar-refractivity contribution is -0.384. The van der Waals surface area contributed by atoms with Crippen LogP contribution in [0.3, 0.4) is 0 Å². The third kappa shape index (κ3) is 4.97. The molecule has 0 spiro atoms. The topological polar surface area (TPSA) is 127 Å². The minimum absolute atomic E-state index is 0.0112. The molecule has 1 aliphatic rings. The van der Waals surface area contributed by atoms with Gasteiger partial charge in [0.05, 0.1) is 21.4 Å². The zero-order valence-corrected chi connectivity index (χ0v) is 16.7. The smallest absolute Gasteiger partial charge is 0.341 e. The fraction of sp³-hybridized carbons (Fsp3) is 0.105. The zero-order chi connectivity index (χ0) is 21.8. The normalized spacial score (nSPS) is 15.0. The van der Waals surface area contributed by atoms with Gasteiger partial charge in [0.15, 0.2) is 6.61 Å². The number of amides is 2. The number of nitro benzene ring substituents is 1. The van der Waals surface area contributed by atoms with Crippen molar-refractivity contribution in [3.05, 3.63) is 73.6 Å². The van der Waals surface area contributed by atoms with Crippen molar-refractivity contribution >= 4 is 52.2 Å². The van der Waals surface area contributed by atoms with Crippen LogP contribution in [-0.4, -0.2) is 38.7 Å². The first kappa shape index (κ1) is 21.3. The van der Waals surface area contributed by atoms with Gasteiger partial charge in [-0.2, -0.15) is 0 Å². The SMILES string of the molecule is O=C(O)COc1ccc(/C=C2\SC(=O)N(Cc3ccc([N+](=O)[O-])cc3)C2=O)cc1Cl. The maximum Gasteiger partial charge on any atom is 0.341 e. The zero-order valence-electron chi connectivity index (χ0n) is 15.1. The number of rotatable bonds is 7. The van der Waals surface area contributed by atoms with Crippen molar-refractivity contribution in [1.82, 2.24) is 4.90 Å². The predicted molar refractivity (Wildman–Crippen MR) is 109 cm³/mol. The van der Waals surface area contributed by atoms with Gasteiger partial charge < -0.3 is 9.84 Å². The van der Waals surface area contributed by atoms with Gasteiger partial charge in [-0.3, -0.25) is 24.6 Å². The quantitative estimate of drug-likeness (QED) is 0.383. The maximum absolute atomic E-state index is 12.6. The number of hydrogen-bond donors (Lipinski definition) is 1. The molecule has 154 valence electrons. The van der Waals surface area contributed by atoms with E-state index in [0.29, 0.717) is 11.1 Å². The number of carbonyl (C=O) groups excluding carboxylic acids is 2. The lowest BCUT2D eigenvalue weighted by Crippen LogP contribution is -2.27. The first-order valence-electron chi connectivity index (χ1n) is 8.37. The van der Waals surface area contributed by atoms with E-state index in [4.69, 9.17) is 21.4 Å². The fourth-order valence-electron chi connectivity index (χ4n) is 2.56. The van der Waals surface area contributed by atoms with E-state index in [1.54, 1.807) is 6.07 Å². The van der Waals surface area contributed by atoms with Gasteiger partial charge in [0, 0.05) is 12.1 Å². The number of aliphatic carboxylic acids is 1. The van der Waals surface area contributed by atoms with Crippen LogP contribution in [0, 0.1) is 10.1 Å². The fourth-order valence-corrected chi connectivity index (χ4v) is 3.64. The first-order valence-corrected chi connectivity index (χ1v) is 9.57. The average Bonchev–Trinajstić information content (AvgIpc) is 2.95. The number of hydrogen-bond acceptors (Lipinski definition) is 7. The number of imide groups is 1. The Morgan fingerprint density at radius 2 is 1.93 bits per heavy atom. The summed E-state index contributed by atoms with van der Waals surface area (Å²) in [7, 11) is 0. The highest BCUT2D eigenvalue weighted by Crippen LogP contribution is 2.34. The van der Waals surface area contributed by atoms with E-state index in [2.05, 4.69) is 0 Å². The number of carbonyl (C=O) groups is 3. The maximum atomic E-state index is 12.6. The van der Waals surface area contributed by atoms with Crippen molar-refractivity contribution in [3.63, 3.8) is 0 Å². The lowest BCUT2D eigenvalue weighted by Gasteiger charge is -2.12. The molecule has 0 unspecified atom stereocenters. The Morgan fingerprint density at radius 1 is 1.23 bits per heavy atom. The summed E-state index contributed by atoms with van der Waals surface area (Å²) < 4.78 is 5.04. The van der Waals surface area contributed by atoms with Crippen molar-refractivity contribution in [2.24, 2.45) is 0 Å². The summed E-state index contributed by atoms with van der Waals surface area (Å²) in [5.41, 5.74) is 1.02. The largest absolute Gasteiger partial charge is 0.480 e. The summed E-state index contributed by atoms with van der Waals surface area (Å²) in [5.74, 6) is -1.45. The second-order valence-electron chi connectivity index (χ2n) is 6.06. The molecule has 2 amide bonds. The van der Waals surface area contributed by atoms with Gasteiger partial charge in [0.25, 0.3) is 16.8 Å². The molecule has 0 atom stereocenters. The lowest BCUT2D eigenvalue weighted by atomic mass is 10.2. The molecule has 1 N–H and O–H groups in total. The van der Waals surface area contributed by atoms with Gasteiger partial charge >= 0.3 is 5.97 Å². The number of thioether (sulfide) groups is 1. The molecule has 1 fully saturated rings. The van der Waals surface area contributed by atoms with Crippen molar-refractivity contribution < 1.29 is 29.2 Å². The van der Waals surface area contributed by atoms with Crippen molar-refractivity contribution in [2.75, 3.05) is 6.61 Å². The molecule has 0 aliphatic carbocycles. The highest BCUT2D eigenvalue weighted by Gasteiger charge is 2.35. The molecule has 2 aromatic carbocycles. The number of halogens is 1. The Balaban J connectivity index is 1.73. The van der Waals surface area contributed by atoms with Crippen LogP contribution in [0.1, 0.15) is 11.1 Å². The summed E-state index contributed by atoms with van der Waals surface area (Å²) in [6.07, 6.45) is 1.49. The molecule has 0 saturated carbocycles. The second kappa shape index (κ2) is 8.97. The van der Waals surface area contributed by atoms with Crippen LogP contribution in [0.2, 0.25) is 5.02 Å². The Hall–Kier alpha value is -3.37. The number of nitrogens with zero attached hydrogens (tertiary/aromatic N) is 2. The van der Waals surface area contributed by atoms with E-state index in [-0.39, 0.29) is 27.9 Å². The van der Waals surface area contributed by atoms with E-state index in [0.717, 1.165) is 16.7 Å². The van der Waals surface area contributed by atoms with Crippen molar-refractivity contribution in [3.8, 4) is 5.75 Å². The minimum atomic E-state index is -1.14. The summed E-state index contributed by atoms with van der Waals surface area (Å²) in [6, 6.07) is 10.1. The molecule has 3 rings (SSSR count). The van der Waals surface area contributed by atoms with E-state index in [1.165, 1.54) is 42.5 Å². The number of non-ortho nitro benzene ring substituents is 1. The Kier molecular flexibility index (Phi) is 6.38. The molecule has 0 radical (unpaired) electrons.